The van der Waals surface area contributed by atoms with Crippen LogP contribution in [0.15, 0.2) is 88.3 Å². The van der Waals surface area contributed by atoms with Gasteiger partial charge in [0, 0.05) is 37.0 Å². The average molecular weight is 463 g/mol. The Morgan fingerprint density at radius 2 is 1.62 bits per heavy atom. The summed E-state index contributed by atoms with van der Waals surface area (Å²) in [6.07, 6.45) is 0.239. The van der Waals surface area contributed by atoms with Gasteiger partial charge >= 0.3 is 0 Å². The van der Waals surface area contributed by atoms with E-state index >= 15 is 0 Å². The highest BCUT2D eigenvalue weighted by atomic mass is 79.9. The first kappa shape index (κ1) is 19.5. The topological polar surface area (TPSA) is 36.1 Å². The number of fused-ring (bicyclic) bond motifs is 1. The molecule has 1 aromatic heterocycles. The third-order valence-corrected chi connectivity index (χ3v) is 6.22. The van der Waals surface area contributed by atoms with Gasteiger partial charge in [0.05, 0.1) is 11.8 Å². The van der Waals surface area contributed by atoms with Crippen LogP contribution < -0.4 is 0 Å². The zero-order valence-corrected chi connectivity index (χ0v) is 17.8. The molecule has 0 bridgehead atoms. The quantitative estimate of drug-likeness (QED) is 0.301. The molecule has 1 atom stereocenters. The van der Waals surface area contributed by atoms with Crippen molar-refractivity contribution in [1.29, 1.82) is 5.26 Å². The van der Waals surface area contributed by atoms with Gasteiger partial charge in [0.2, 0.25) is 0 Å². The maximum Gasteiger partial charge on any atom is 0.145 e. The first-order valence-electron chi connectivity index (χ1n) is 9.10. The van der Waals surface area contributed by atoms with Crippen LogP contribution in [-0.2, 0) is 6.42 Å². The fraction of sp³-hybridized carbons (Fsp3) is 0.0833. The van der Waals surface area contributed by atoms with Crippen LogP contribution in [0.25, 0.3) is 10.1 Å². The van der Waals surface area contributed by atoms with Crippen molar-refractivity contribution in [2.24, 2.45) is 4.99 Å². The van der Waals surface area contributed by atoms with Crippen LogP contribution in [-0.4, -0.2) is 11.8 Å². The van der Waals surface area contributed by atoms with Crippen LogP contribution in [0.4, 0.5) is 4.39 Å². The Balaban J connectivity index is 1.73. The second-order valence-corrected chi connectivity index (χ2v) is 8.59. The molecule has 0 spiro atoms. The van der Waals surface area contributed by atoms with E-state index in [1.54, 1.807) is 6.07 Å². The van der Waals surface area contributed by atoms with Crippen LogP contribution in [0, 0.1) is 17.1 Å². The third kappa shape index (κ3) is 4.29. The fourth-order valence-corrected chi connectivity index (χ4v) is 4.64. The number of halogens is 2. The van der Waals surface area contributed by atoms with Crippen LogP contribution >= 0.6 is 27.3 Å². The number of benzene rings is 3. The zero-order valence-electron chi connectivity index (χ0n) is 15.3. The van der Waals surface area contributed by atoms with Gasteiger partial charge in [-0.15, -0.1) is 11.3 Å². The van der Waals surface area contributed by atoms with Crippen LogP contribution in [0.1, 0.15) is 16.0 Å². The first-order chi connectivity index (χ1) is 14.2. The Hall–Kier alpha value is -2.81. The molecular weight excluding hydrogens is 447 g/mol. The largest absolute Gasteiger partial charge is 0.265 e. The maximum absolute atomic E-state index is 14.9. The summed E-state index contributed by atoms with van der Waals surface area (Å²) >= 11 is 4.77. The molecule has 0 fully saturated rings. The Morgan fingerprint density at radius 3 is 2.21 bits per heavy atom. The van der Waals surface area contributed by atoms with Crippen molar-refractivity contribution in [3.63, 3.8) is 0 Å². The number of nitriles is 1. The highest BCUT2D eigenvalue weighted by molar-refractivity contribution is 9.10. The molecule has 1 unspecified atom stereocenters. The van der Waals surface area contributed by atoms with E-state index in [9.17, 15) is 9.65 Å². The Kier molecular flexibility index (Phi) is 5.84. The van der Waals surface area contributed by atoms with Crippen molar-refractivity contribution in [2.45, 2.75) is 12.5 Å². The summed E-state index contributed by atoms with van der Waals surface area (Å²) in [6.45, 7) is 0. The molecule has 0 aliphatic carbocycles. The predicted octanol–water partition coefficient (Wildman–Crippen LogP) is 6.78. The molecule has 0 radical (unpaired) electrons. The van der Waals surface area contributed by atoms with E-state index < -0.39 is 6.04 Å². The van der Waals surface area contributed by atoms with Crippen molar-refractivity contribution in [3.05, 3.63) is 105 Å². The minimum atomic E-state index is -0.684. The normalized spacial score (nSPS) is 11.8. The summed E-state index contributed by atoms with van der Waals surface area (Å²) < 4.78 is 16.6. The van der Waals surface area contributed by atoms with Gasteiger partial charge in [0.1, 0.15) is 11.9 Å². The minimum absolute atomic E-state index is 0.239. The maximum atomic E-state index is 14.9. The molecule has 0 amide bonds. The van der Waals surface area contributed by atoms with Gasteiger partial charge in [-0.1, -0.05) is 76.6 Å². The van der Waals surface area contributed by atoms with Gasteiger partial charge in [-0.3, -0.25) is 4.99 Å². The monoisotopic (exact) mass is 462 g/mol. The average Bonchev–Trinajstić information content (AvgIpc) is 3.07. The van der Waals surface area contributed by atoms with Gasteiger partial charge in [-0.25, -0.2) is 4.39 Å². The highest BCUT2D eigenvalue weighted by Gasteiger charge is 2.18. The van der Waals surface area contributed by atoms with E-state index in [0.29, 0.717) is 10.3 Å². The molecule has 0 saturated carbocycles. The molecule has 4 aromatic rings. The molecule has 0 saturated heterocycles. The fourth-order valence-electron chi connectivity index (χ4n) is 3.18. The summed E-state index contributed by atoms with van der Waals surface area (Å²) in [5, 5.41) is 10.3. The first-order valence-corrected chi connectivity index (χ1v) is 10.7. The Morgan fingerprint density at radius 1 is 1.00 bits per heavy atom. The van der Waals surface area contributed by atoms with Gasteiger partial charge < -0.3 is 0 Å². The standard InChI is InChI=1S/C24H16BrFN2S/c25-18-11-12-21-20(13-18)23(26)22(29-21)14-19(15-27)28-24(16-7-3-1-4-8-16)17-9-5-2-6-10-17/h1-13,19H,14H2. The summed E-state index contributed by atoms with van der Waals surface area (Å²) in [6, 6.07) is 26.7. The number of aliphatic imine (C=N–C) groups is 1. The Labute approximate surface area is 181 Å². The summed E-state index contributed by atoms with van der Waals surface area (Å²) in [7, 11) is 0. The number of rotatable bonds is 5. The van der Waals surface area contributed by atoms with E-state index in [-0.39, 0.29) is 12.2 Å². The summed E-state index contributed by atoms with van der Waals surface area (Å²) in [4.78, 5) is 5.30. The van der Waals surface area contributed by atoms with Crippen molar-refractivity contribution in [1.82, 2.24) is 0 Å². The lowest BCUT2D eigenvalue weighted by Gasteiger charge is -2.10. The van der Waals surface area contributed by atoms with Gasteiger partial charge in [-0.2, -0.15) is 5.26 Å². The molecule has 29 heavy (non-hydrogen) atoms. The number of hydrogen-bond acceptors (Lipinski definition) is 3. The van der Waals surface area contributed by atoms with Crippen LogP contribution in [0.3, 0.4) is 0 Å². The lowest BCUT2D eigenvalue weighted by atomic mass is 10.0. The number of thiophene rings is 1. The second kappa shape index (κ2) is 8.69. The molecule has 0 N–H and O–H groups in total. The molecule has 1 heterocycles. The third-order valence-electron chi connectivity index (χ3n) is 4.56. The van der Waals surface area contributed by atoms with Crippen molar-refractivity contribution >= 4 is 43.1 Å². The number of nitrogens with zero attached hydrogens (tertiary/aromatic N) is 2. The van der Waals surface area contributed by atoms with E-state index in [1.165, 1.54) is 11.3 Å². The van der Waals surface area contributed by atoms with Crippen molar-refractivity contribution in [3.8, 4) is 6.07 Å². The lowest BCUT2D eigenvalue weighted by Crippen LogP contribution is -2.12. The van der Waals surface area contributed by atoms with E-state index in [1.807, 2.05) is 72.8 Å². The van der Waals surface area contributed by atoms with Crippen molar-refractivity contribution in [2.75, 3.05) is 0 Å². The second-order valence-electron chi connectivity index (χ2n) is 6.54. The smallest absolute Gasteiger partial charge is 0.145 e. The van der Waals surface area contributed by atoms with Crippen LogP contribution in [0.2, 0.25) is 0 Å². The predicted molar refractivity (Wildman–Crippen MR) is 121 cm³/mol. The summed E-state index contributed by atoms with van der Waals surface area (Å²) in [5.41, 5.74) is 2.60. The molecule has 2 nitrogen and oxygen atoms in total. The summed E-state index contributed by atoms with van der Waals surface area (Å²) in [5.74, 6) is -0.261. The van der Waals surface area contributed by atoms with E-state index in [4.69, 9.17) is 4.99 Å². The molecule has 142 valence electrons. The van der Waals surface area contributed by atoms with Crippen LogP contribution in [0.5, 0.6) is 0 Å². The molecule has 0 aliphatic heterocycles. The van der Waals surface area contributed by atoms with E-state index in [0.717, 1.165) is 26.0 Å². The molecular formula is C24H16BrFN2S. The molecule has 4 rings (SSSR count). The SMILES string of the molecule is N#CC(Cc1sc2ccc(Br)cc2c1F)N=C(c1ccccc1)c1ccccc1. The Bertz CT molecular complexity index is 1170. The lowest BCUT2D eigenvalue weighted by molar-refractivity contribution is 0.623. The minimum Gasteiger partial charge on any atom is -0.265 e. The molecule has 3 aromatic carbocycles. The van der Waals surface area contributed by atoms with Gasteiger partial charge in [0.25, 0.3) is 0 Å². The highest BCUT2D eigenvalue weighted by Crippen LogP contribution is 2.33. The number of hydrogen-bond donors (Lipinski definition) is 0. The van der Waals surface area contributed by atoms with Crippen molar-refractivity contribution < 1.29 is 4.39 Å². The van der Waals surface area contributed by atoms with Gasteiger partial charge in [0.15, 0.2) is 0 Å². The molecule has 5 heteroatoms. The molecule has 0 aliphatic rings. The van der Waals surface area contributed by atoms with Gasteiger partial charge in [-0.05, 0) is 18.2 Å². The zero-order chi connectivity index (χ0) is 20.2. The van der Waals surface area contributed by atoms with E-state index in [2.05, 4.69) is 22.0 Å².